The minimum absolute atomic E-state index is 0. The van der Waals surface area contributed by atoms with E-state index in [1.54, 1.807) is 0 Å². The van der Waals surface area contributed by atoms with Gasteiger partial charge in [-0.3, -0.25) is 0 Å². The van der Waals surface area contributed by atoms with Gasteiger partial charge in [0.2, 0.25) is 0 Å². The van der Waals surface area contributed by atoms with E-state index in [0.29, 0.717) is 0 Å². The molecule has 6 heteroatoms. The Balaban J connectivity index is 0.00000169. The number of carboxylic acids is 2. The van der Waals surface area contributed by atoms with Gasteiger partial charge in [-0.25, -0.2) is 9.59 Å². The number of anilines is 1. The molecule has 5 nitrogen and oxygen atoms in total. The summed E-state index contributed by atoms with van der Waals surface area (Å²) in [6.45, 7) is 0. The van der Waals surface area contributed by atoms with Gasteiger partial charge in [0, 0.05) is 46.5 Å². The first-order chi connectivity index (χ1) is 6.00. The molecule has 0 amide bonds. The van der Waals surface area contributed by atoms with Crippen LogP contribution in [0.5, 0.6) is 0 Å². The number of carbonyl (C=O) groups is 2. The minimum Gasteiger partial charge on any atom is -0.478 e. The number of rotatable bonds is 2. The van der Waals surface area contributed by atoms with Gasteiger partial charge in [0.05, 0.1) is 11.1 Å². The summed E-state index contributed by atoms with van der Waals surface area (Å²) in [6, 6.07) is 3.46. The van der Waals surface area contributed by atoms with Crippen LogP contribution >= 0.6 is 0 Å². The van der Waals surface area contributed by atoms with Crippen molar-refractivity contribution in [2.24, 2.45) is 0 Å². The third-order valence-corrected chi connectivity index (χ3v) is 1.45. The molecule has 0 bridgehead atoms. The zero-order valence-corrected chi connectivity index (χ0v) is 10.2. The summed E-state index contributed by atoms with van der Waals surface area (Å²) in [5, 5.41) is 17.1. The average Bonchev–Trinajstić information content (AvgIpc) is 2.03. The third kappa shape index (κ3) is 3.22. The molecular weight excluding hydrogens is 318 g/mol. The summed E-state index contributed by atoms with van der Waals surface area (Å²) < 4.78 is 0. The second-order valence-corrected chi connectivity index (χ2v) is 2.45. The van der Waals surface area contributed by atoms with Crippen LogP contribution in [-0.2, 0) is 0 Å². The smallest absolute Gasteiger partial charge is 0.335 e. The van der Waals surface area contributed by atoms with Crippen molar-refractivity contribution in [1.82, 2.24) is 0 Å². The first-order valence-electron chi connectivity index (χ1n) is 3.38. The predicted molar refractivity (Wildman–Crippen MR) is 44.8 cm³/mol. The van der Waals surface area contributed by atoms with Crippen LogP contribution in [0.4, 0.5) is 5.69 Å². The van der Waals surface area contributed by atoms with Crippen LogP contribution in [0.2, 0.25) is 0 Å². The molecule has 0 saturated carbocycles. The predicted octanol–water partition coefficient (Wildman–Crippen LogP) is 0.665. The fourth-order valence-corrected chi connectivity index (χ4v) is 0.899. The Morgan fingerprint density at radius 3 is 1.64 bits per heavy atom. The Hall–Kier alpha value is -0.689. The molecule has 0 heterocycles. The van der Waals surface area contributed by atoms with Crippen molar-refractivity contribution in [3.05, 3.63) is 29.3 Å². The van der Waals surface area contributed by atoms with E-state index in [0.717, 1.165) is 6.07 Å². The Morgan fingerprint density at radius 2 is 1.36 bits per heavy atom. The molecule has 14 heavy (non-hydrogen) atoms. The van der Waals surface area contributed by atoms with E-state index in [-0.39, 0.29) is 57.7 Å². The SMILES string of the molecule is Nc1cc(C(=O)O)cc(C(=O)O)c1.[Nd]. The minimum atomic E-state index is -1.20. The maximum atomic E-state index is 10.5. The van der Waals surface area contributed by atoms with Gasteiger partial charge in [0.15, 0.2) is 0 Å². The molecule has 1 aromatic carbocycles. The quantitative estimate of drug-likeness (QED) is 0.694. The molecule has 0 aliphatic heterocycles. The van der Waals surface area contributed by atoms with Crippen molar-refractivity contribution >= 4 is 17.6 Å². The first kappa shape index (κ1) is 13.3. The van der Waals surface area contributed by atoms with Crippen molar-refractivity contribution in [2.75, 3.05) is 5.73 Å². The van der Waals surface area contributed by atoms with E-state index in [1.165, 1.54) is 12.1 Å². The van der Waals surface area contributed by atoms with Gasteiger partial charge in [-0.1, -0.05) is 0 Å². The van der Waals surface area contributed by atoms with Gasteiger partial charge < -0.3 is 15.9 Å². The van der Waals surface area contributed by atoms with Crippen molar-refractivity contribution in [2.45, 2.75) is 0 Å². The third-order valence-electron chi connectivity index (χ3n) is 1.45. The van der Waals surface area contributed by atoms with Gasteiger partial charge in [-0.05, 0) is 18.2 Å². The van der Waals surface area contributed by atoms with Crippen LogP contribution < -0.4 is 5.73 Å². The number of nitrogen functional groups attached to an aromatic ring is 1. The van der Waals surface area contributed by atoms with Gasteiger partial charge in [0.25, 0.3) is 0 Å². The van der Waals surface area contributed by atoms with E-state index in [2.05, 4.69) is 0 Å². The fraction of sp³-hybridized carbons (Fsp3) is 0. The number of aromatic carboxylic acids is 2. The average molecular weight is 325 g/mol. The van der Waals surface area contributed by atoms with Crippen LogP contribution in [-0.4, -0.2) is 22.2 Å². The number of nitrogens with two attached hydrogens (primary N) is 1. The Morgan fingerprint density at radius 1 is 1.00 bits per heavy atom. The second kappa shape index (κ2) is 5.26. The Labute approximate surface area is 112 Å². The maximum Gasteiger partial charge on any atom is 0.335 e. The van der Waals surface area contributed by atoms with Crippen LogP contribution in [0.25, 0.3) is 0 Å². The summed E-state index contributed by atoms with van der Waals surface area (Å²) >= 11 is 0. The maximum absolute atomic E-state index is 10.5. The zero-order chi connectivity index (χ0) is 10.0. The topological polar surface area (TPSA) is 101 Å². The number of benzene rings is 1. The number of hydrogen-bond donors (Lipinski definition) is 3. The van der Waals surface area contributed by atoms with E-state index < -0.39 is 11.9 Å². The van der Waals surface area contributed by atoms with Gasteiger partial charge in [-0.2, -0.15) is 0 Å². The monoisotopic (exact) mass is 323 g/mol. The molecule has 72 valence electrons. The number of hydrogen-bond acceptors (Lipinski definition) is 3. The van der Waals surface area contributed by atoms with Crippen molar-refractivity contribution in [3.63, 3.8) is 0 Å². The summed E-state index contributed by atoms with van der Waals surface area (Å²) in [7, 11) is 0. The van der Waals surface area contributed by atoms with Crippen LogP contribution in [0.1, 0.15) is 20.7 Å². The first-order valence-corrected chi connectivity index (χ1v) is 3.38. The molecule has 0 fully saturated rings. The van der Waals surface area contributed by atoms with Crippen molar-refractivity contribution in [1.29, 1.82) is 0 Å². The summed E-state index contributed by atoms with van der Waals surface area (Å²) in [5.74, 6) is -2.40. The Bertz CT molecular complexity index is 345. The molecule has 0 radical (unpaired) electrons. The second-order valence-electron chi connectivity index (χ2n) is 2.45. The van der Waals surface area contributed by atoms with E-state index in [1.807, 2.05) is 0 Å². The molecule has 0 unspecified atom stereocenters. The molecule has 0 atom stereocenters. The molecule has 1 aromatic rings. The van der Waals surface area contributed by atoms with E-state index in [9.17, 15) is 9.59 Å². The van der Waals surface area contributed by atoms with Gasteiger partial charge in [0.1, 0.15) is 0 Å². The zero-order valence-electron chi connectivity index (χ0n) is 7.02. The molecule has 0 saturated heterocycles. The molecule has 0 spiro atoms. The fourth-order valence-electron chi connectivity index (χ4n) is 0.899. The molecule has 0 aromatic heterocycles. The summed E-state index contributed by atoms with van der Waals surface area (Å²) in [6.07, 6.45) is 0. The summed E-state index contributed by atoms with van der Waals surface area (Å²) in [5.41, 5.74) is 5.18. The number of carboxylic acid groups (broad SMARTS) is 2. The standard InChI is InChI=1S/C8H7NO4.Nd/c9-6-2-4(7(10)11)1-5(3-6)8(12)13;/h1-3H,9H2,(H,10,11)(H,12,13);. The Kier molecular flexibility index (Phi) is 5.00. The molecule has 0 aliphatic carbocycles. The molecule has 4 N–H and O–H groups in total. The van der Waals surface area contributed by atoms with Gasteiger partial charge in [-0.15, -0.1) is 0 Å². The normalized spacial score (nSPS) is 8.86. The van der Waals surface area contributed by atoms with E-state index >= 15 is 0 Å². The van der Waals surface area contributed by atoms with Crippen molar-refractivity contribution in [3.8, 4) is 0 Å². The van der Waals surface area contributed by atoms with Crippen LogP contribution in [0.15, 0.2) is 18.2 Å². The van der Waals surface area contributed by atoms with Crippen molar-refractivity contribution < 1.29 is 60.6 Å². The van der Waals surface area contributed by atoms with Crippen LogP contribution in [0, 0.1) is 40.8 Å². The molecular formula is C8H7NNdO4. The van der Waals surface area contributed by atoms with E-state index in [4.69, 9.17) is 15.9 Å². The van der Waals surface area contributed by atoms with Crippen LogP contribution in [0.3, 0.4) is 0 Å². The molecule has 1 rings (SSSR count). The van der Waals surface area contributed by atoms with Gasteiger partial charge >= 0.3 is 11.9 Å². The summed E-state index contributed by atoms with van der Waals surface area (Å²) in [4.78, 5) is 21.0. The largest absolute Gasteiger partial charge is 0.478 e. The molecule has 0 aliphatic rings.